The Morgan fingerprint density at radius 2 is 0.824 bits per heavy atom. The van der Waals surface area contributed by atoms with E-state index in [1.807, 2.05) is 0 Å². The van der Waals surface area contributed by atoms with Gasteiger partial charge >= 0.3 is 123 Å². The van der Waals surface area contributed by atoms with Gasteiger partial charge in [0.2, 0.25) is 0 Å². The third-order valence-electron chi connectivity index (χ3n) is 3.41. The molecule has 0 aliphatic rings. The van der Waals surface area contributed by atoms with E-state index in [1.165, 1.54) is 64.2 Å². The zero-order chi connectivity index (χ0) is 12.6. The summed E-state index contributed by atoms with van der Waals surface area (Å²) in [4.78, 5) is 0. The van der Waals surface area contributed by atoms with Crippen molar-refractivity contribution >= 4 is 24.2 Å². The van der Waals surface area contributed by atoms with Crippen LogP contribution in [0, 0.1) is 0 Å². The molecular weight excluding hydrogens is 399 g/mol. The zero-order valence-corrected chi connectivity index (χ0v) is 16.3. The van der Waals surface area contributed by atoms with Crippen LogP contribution in [-0.2, 0) is 0 Å². The van der Waals surface area contributed by atoms with E-state index in [9.17, 15) is 0 Å². The Hall–Kier alpha value is 0.922. The molecule has 0 unspecified atom stereocenters. The van der Waals surface area contributed by atoms with Gasteiger partial charge in [-0.3, -0.25) is 0 Å². The first-order valence-corrected chi connectivity index (χ1v) is 13.6. The molecule has 0 rings (SSSR count). The first-order chi connectivity index (χ1) is 8.41. The first-order valence-electron chi connectivity index (χ1n) is 8.12. The fourth-order valence-corrected chi connectivity index (χ4v) is 7.05. The van der Waals surface area contributed by atoms with Gasteiger partial charge in [-0.1, -0.05) is 0 Å². The second-order valence-corrected chi connectivity index (χ2v) is 11.1. The third kappa shape index (κ3) is 16.9. The predicted octanol–water partition coefficient (Wildman–Crippen LogP) is 6.25. The molecule has 0 radical (unpaired) electrons. The summed E-state index contributed by atoms with van der Waals surface area (Å²) in [6.45, 7) is 4.60. The van der Waals surface area contributed by atoms with Crippen LogP contribution in [0.25, 0.3) is 0 Å². The summed E-state index contributed by atoms with van der Waals surface area (Å²) in [5.74, 6) is 0. The molecule has 0 N–H and O–H groups in total. The monoisotopic (exact) mass is 434 g/mol. The molecule has 0 saturated carbocycles. The van der Waals surface area contributed by atoms with Gasteiger partial charge in [-0.15, -0.1) is 0 Å². The van der Waals surface area contributed by atoms with Crippen molar-refractivity contribution in [3.05, 3.63) is 0 Å². The van der Waals surface area contributed by atoms with E-state index in [2.05, 4.69) is 13.8 Å². The fourth-order valence-electron chi connectivity index (χ4n) is 2.19. The molecule has 0 amide bonds. The maximum absolute atomic E-state index is 2.30. The van der Waals surface area contributed by atoms with Gasteiger partial charge in [-0.05, 0) is 0 Å². The van der Waals surface area contributed by atoms with Crippen LogP contribution in [0.5, 0.6) is 0 Å². The first kappa shape index (κ1) is 17.9. The third-order valence-corrected chi connectivity index (χ3v) is 8.91. The van der Waals surface area contributed by atoms with Crippen LogP contribution in [0.3, 0.4) is 0 Å². The van der Waals surface area contributed by atoms with Gasteiger partial charge in [0.25, 0.3) is 0 Å². The SMILES string of the molecule is CCCCCCC[CH2][Pb+2][CH2]CCCCCCC. The van der Waals surface area contributed by atoms with Crippen LogP contribution in [0.15, 0.2) is 0 Å². The topological polar surface area (TPSA) is 0 Å². The van der Waals surface area contributed by atoms with Crippen LogP contribution >= 0.6 is 0 Å². The summed E-state index contributed by atoms with van der Waals surface area (Å²) in [5.41, 5.74) is 0. The van der Waals surface area contributed by atoms with E-state index in [4.69, 9.17) is 0 Å². The van der Waals surface area contributed by atoms with Crippen LogP contribution in [0.2, 0.25) is 7.96 Å². The zero-order valence-electron chi connectivity index (χ0n) is 12.4. The summed E-state index contributed by atoms with van der Waals surface area (Å²) in [7, 11) is 0. The van der Waals surface area contributed by atoms with Crippen molar-refractivity contribution in [1.29, 1.82) is 0 Å². The van der Waals surface area contributed by atoms with E-state index in [0.717, 1.165) is 0 Å². The van der Waals surface area contributed by atoms with Crippen molar-refractivity contribution in [3.8, 4) is 0 Å². The van der Waals surface area contributed by atoms with Crippen LogP contribution < -0.4 is 0 Å². The van der Waals surface area contributed by atoms with Crippen molar-refractivity contribution in [2.75, 3.05) is 0 Å². The van der Waals surface area contributed by atoms with Crippen molar-refractivity contribution in [2.45, 2.75) is 98.9 Å². The van der Waals surface area contributed by atoms with Crippen molar-refractivity contribution in [3.63, 3.8) is 0 Å². The standard InChI is InChI=1S/2C8H17.Pb/c2*1-3-5-7-8-6-4-2;/h2*1,3-8H2,2H3;/q;;+2. The Morgan fingerprint density at radius 1 is 0.471 bits per heavy atom. The molecule has 0 atom stereocenters. The molecule has 17 heavy (non-hydrogen) atoms. The van der Waals surface area contributed by atoms with Gasteiger partial charge in [0.1, 0.15) is 0 Å². The summed E-state index contributed by atoms with van der Waals surface area (Å²) in [6, 6.07) is 0. The average Bonchev–Trinajstić information content (AvgIpc) is 2.35. The Bertz CT molecular complexity index is 109. The second-order valence-electron chi connectivity index (χ2n) is 5.29. The maximum atomic E-state index is 2.30. The van der Waals surface area contributed by atoms with Gasteiger partial charge in [-0.25, -0.2) is 0 Å². The molecule has 0 aromatic heterocycles. The van der Waals surface area contributed by atoms with E-state index in [0.29, 0.717) is 0 Å². The second kappa shape index (κ2) is 16.9. The number of hydrogen-bond acceptors (Lipinski definition) is 0. The molecule has 100 valence electrons. The summed E-state index contributed by atoms with van der Waals surface area (Å²) in [5, 5.41) is 0. The van der Waals surface area contributed by atoms with Gasteiger partial charge in [0.05, 0.1) is 0 Å². The Morgan fingerprint density at radius 3 is 1.24 bits per heavy atom. The van der Waals surface area contributed by atoms with Crippen molar-refractivity contribution < 1.29 is 0 Å². The van der Waals surface area contributed by atoms with Gasteiger partial charge < -0.3 is 0 Å². The summed E-state index contributed by atoms with van der Waals surface area (Å²) < 4.78 is 3.36. The molecule has 0 nitrogen and oxygen atoms in total. The van der Waals surface area contributed by atoms with Crippen LogP contribution in [-0.4, -0.2) is 24.2 Å². The van der Waals surface area contributed by atoms with Gasteiger partial charge in [0, 0.05) is 0 Å². The molecule has 0 aliphatic heterocycles. The molecule has 0 aromatic rings. The Balaban J connectivity index is 2.85. The summed E-state index contributed by atoms with van der Waals surface area (Å²) in [6.07, 6.45) is 17.9. The predicted molar refractivity (Wildman–Crippen MR) is 82.1 cm³/mol. The van der Waals surface area contributed by atoms with E-state index in [1.54, 1.807) is 20.8 Å². The number of unbranched alkanes of at least 4 members (excludes halogenated alkanes) is 10. The van der Waals surface area contributed by atoms with Crippen LogP contribution in [0.1, 0.15) is 90.9 Å². The summed E-state index contributed by atoms with van der Waals surface area (Å²) >= 11 is -0.130. The molecule has 0 heterocycles. The van der Waals surface area contributed by atoms with E-state index in [-0.39, 0.29) is 24.2 Å². The van der Waals surface area contributed by atoms with Gasteiger partial charge in [-0.2, -0.15) is 0 Å². The van der Waals surface area contributed by atoms with Crippen molar-refractivity contribution in [1.82, 2.24) is 0 Å². The molecule has 0 bridgehead atoms. The Labute approximate surface area is 123 Å². The molecular formula is C16H34Pb+2. The van der Waals surface area contributed by atoms with E-state index < -0.39 is 0 Å². The average molecular weight is 434 g/mol. The molecule has 0 aromatic carbocycles. The normalized spacial score (nSPS) is 10.5. The minimum absolute atomic E-state index is 0.130. The minimum atomic E-state index is -0.130. The molecule has 1 heteroatoms. The molecule has 0 aliphatic carbocycles. The van der Waals surface area contributed by atoms with Crippen molar-refractivity contribution in [2.24, 2.45) is 0 Å². The van der Waals surface area contributed by atoms with Gasteiger partial charge in [0.15, 0.2) is 0 Å². The fraction of sp³-hybridized carbons (Fsp3) is 1.00. The molecule has 0 fully saturated rings. The molecule has 0 saturated heterocycles. The van der Waals surface area contributed by atoms with Crippen LogP contribution in [0.4, 0.5) is 0 Å². The quantitative estimate of drug-likeness (QED) is 0.224. The number of hydrogen-bond donors (Lipinski definition) is 0. The number of rotatable bonds is 14. The molecule has 0 spiro atoms. The Kier molecular flexibility index (Phi) is 17.8. The van der Waals surface area contributed by atoms with E-state index >= 15 is 0 Å².